The summed E-state index contributed by atoms with van der Waals surface area (Å²) in [6.45, 7) is 7.84. The Bertz CT molecular complexity index is 531. The van der Waals surface area contributed by atoms with E-state index in [0.29, 0.717) is 19.4 Å². The number of amides is 1. The van der Waals surface area contributed by atoms with Crippen molar-refractivity contribution in [1.29, 1.82) is 0 Å². The molecule has 0 unspecified atom stereocenters. The molecule has 0 radical (unpaired) electrons. The Hall–Kier alpha value is -1.85. The molecule has 118 valence electrons. The van der Waals surface area contributed by atoms with Gasteiger partial charge < -0.3 is 10.4 Å². The highest BCUT2D eigenvalue weighted by atomic mass is 16.4. The van der Waals surface area contributed by atoms with E-state index >= 15 is 0 Å². The zero-order valence-corrected chi connectivity index (χ0v) is 13.5. The van der Waals surface area contributed by atoms with E-state index in [1.807, 2.05) is 20.9 Å². The summed E-state index contributed by atoms with van der Waals surface area (Å²) in [5.41, 5.74) is 1.90. The number of rotatable bonds is 7. The van der Waals surface area contributed by atoms with Crippen molar-refractivity contribution in [2.24, 2.45) is 12.5 Å². The lowest BCUT2D eigenvalue weighted by Crippen LogP contribution is -2.36. The molecule has 0 aliphatic heterocycles. The third-order valence-electron chi connectivity index (χ3n) is 4.43. The first-order valence-corrected chi connectivity index (χ1v) is 7.26. The summed E-state index contributed by atoms with van der Waals surface area (Å²) in [4.78, 5) is 23.5. The molecule has 0 saturated carbocycles. The van der Waals surface area contributed by atoms with E-state index in [4.69, 9.17) is 0 Å². The van der Waals surface area contributed by atoms with Crippen molar-refractivity contribution in [3.63, 3.8) is 0 Å². The van der Waals surface area contributed by atoms with Gasteiger partial charge in [0.25, 0.3) is 0 Å². The maximum absolute atomic E-state index is 12.1. The van der Waals surface area contributed by atoms with Crippen LogP contribution < -0.4 is 5.32 Å². The summed E-state index contributed by atoms with van der Waals surface area (Å²) in [5, 5.41) is 16.5. The van der Waals surface area contributed by atoms with Gasteiger partial charge in [0.15, 0.2) is 0 Å². The van der Waals surface area contributed by atoms with E-state index in [-0.39, 0.29) is 12.3 Å². The van der Waals surface area contributed by atoms with Gasteiger partial charge in [0.2, 0.25) is 5.91 Å². The van der Waals surface area contributed by atoms with Crippen molar-refractivity contribution in [2.45, 2.75) is 53.5 Å². The molecule has 0 atom stereocenters. The van der Waals surface area contributed by atoms with Crippen LogP contribution in [0.4, 0.5) is 0 Å². The highest BCUT2D eigenvalue weighted by molar-refractivity contribution is 5.84. The minimum absolute atomic E-state index is 0.00763. The number of nitrogens with zero attached hydrogens (tertiary/aromatic N) is 2. The first kappa shape index (κ1) is 17.2. The third kappa shape index (κ3) is 3.62. The maximum atomic E-state index is 12.1. The van der Waals surface area contributed by atoms with Gasteiger partial charge in [-0.2, -0.15) is 5.10 Å². The number of hydrogen-bond acceptors (Lipinski definition) is 3. The van der Waals surface area contributed by atoms with E-state index in [2.05, 4.69) is 10.4 Å². The number of carbonyl (C=O) groups is 2. The molecule has 1 heterocycles. The van der Waals surface area contributed by atoms with Gasteiger partial charge in [-0.3, -0.25) is 14.3 Å². The Morgan fingerprint density at radius 3 is 2.24 bits per heavy atom. The van der Waals surface area contributed by atoms with Gasteiger partial charge in [-0.25, -0.2) is 0 Å². The van der Waals surface area contributed by atoms with Crippen molar-refractivity contribution in [3.8, 4) is 0 Å². The molecule has 1 rings (SSSR count). The first-order valence-electron chi connectivity index (χ1n) is 7.26. The van der Waals surface area contributed by atoms with Crippen molar-refractivity contribution >= 4 is 11.9 Å². The molecule has 0 fully saturated rings. The monoisotopic (exact) mass is 295 g/mol. The lowest BCUT2D eigenvalue weighted by atomic mass is 9.79. The molecule has 0 aromatic carbocycles. The van der Waals surface area contributed by atoms with E-state index < -0.39 is 11.4 Å². The van der Waals surface area contributed by atoms with Crippen LogP contribution in [0.5, 0.6) is 0 Å². The standard InChI is InChI=1S/C15H25N3O3/c1-6-15(7-2,14(20)21)8-13(19)16-9-12-10(3)17-18(5)11(12)4/h6-9H2,1-5H3,(H,16,19)(H,20,21). The molecule has 6 heteroatoms. The summed E-state index contributed by atoms with van der Waals surface area (Å²) >= 11 is 0. The molecule has 6 nitrogen and oxygen atoms in total. The maximum Gasteiger partial charge on any atom is 0.310 e. The number of carboxylic acid groups (broad SMARTS) is 1. The molecule has 1 aromatic heterocycles. The second-order valence-corrected chi connectivity index (χ2v) is 5.52. The van der Waals surface area contributed by atoms with Crippen LogP contribution in [0, 0.1) is 19.3 Å². The average molecular weight is 295 g/mol. The second-order valence-electron chi connectivity index (χ2n) is 5.52. The number of hydrogen-bond donors (Lipinski definition) is 2. The minimum Gasteiger partial charge on any atom is -0.481 e. The van der Waals surface area contributed by atoms with Gasteiger partial charge in [-0.1, -0.05) is 13.8 Å². The van der Waals surface area contributed by atoms with Crippen LogP contribution in [0.3, 0.4) is 0 Å². The molecule has 0 aliphatic rings. The smallest absolute Gasteiger partial charge is 0.310 e. The number of aliphatic carboxylic acids is 1. The number of carboxylic acids is 1. The van der Waals surface area contributed by atoms with Crippen LogP contribution in [0.15, 0.2) is 0 Å². The van der Waals surface area contributed by atoms with Crippen LogP contribution in [0.25, 0.3) is 0 Å². The summed E-state index contributed by atoms with van der Waals surface area (Å²) in [5.74, 6) is -1.14. The molecule has 0 bridgehead atoms. The van der Waals surface area contributed by atoms with Crippen LogP contribution in [0.1, 0.15) is 50.1 Å². The third-order valence-corrected chi connectivity index (χ3v) is 4.43. The Morgan fingerprint density at radius 1 is 1.29 bits per heavy atom. The van der Waals surface area contributed by atoms with Gasteiger partial charge >= 0.3 is 5.97 Å². The van der Waals surface area contributed by atoms with Crippen LogP contribution in [-0.2, 0) is 23.2 Å². The first-order chi connectivity index (χ1) is 9.77. The summed E-state index contributed by atoms with van der Waals surface area (Å²) in [6, 6.07) is 0. The van der Waals surface area contributed by atoms with Crippen molar-refractivity contribution in [3.05, 3.63) is 17.0 Å². The van der Waals surface area contributed by atoms with Gasteiger partial charge in [-0.15, -0.1) is 0 Å². The number of aromatic nitrogens is 2. The fourth-order valence-electron chi connectivity index (χ4n) is 2.51. The normalized spacial score (nSPS) is 11.5. The summed E-state index contributed by atoms with van der Waals surface area (Å²) in [6.07, 6.45) is 0.891. The van der Waals surface area contributed by atoms with Crippen molar-refractivity contribution in [1.82, 2.24) is 15.1 Å². The molecule has 0 spiro atoms. The fraction of sp³-hybridized carbons (Fsp3) is 0.667. The Morgan fingerprint density at radius 2 is 1.86 bits per heavy atom. The minimum atomic E-state index is -0.969. The van der Waals surface area contributed by atoms with Crippen LogP contribution >= 0.6 is 0 Å². The van der Waals surface area contributed by atoms with E-state index in [9.17, 15) is 14.7 Å². The summed E-state index contributed by atoms with van der Waals surface area (Å²) in [7, 11) is 1.86. The molecular formula is C15H25N3O3. The van der Waals surface area contributed by atoms with Crippen LogP contribution in [0.2, 0.25) is 0 Å². The predicted molar refractivity (Wildman–Crippen MR) is 79.8 cm³/mol. The SMILES string of the molecule is CCC(CC)(CC(=O)NCc1c(C)nn(C)c1C)C(=O)O. The Balaban J connectivity index is 2.72. The molecule has 0 saturated heterocycles. The molecule has 0 aliphatic carbocycles. The molecule has 1 aromatic rings. The van der Waals surface area contributed by atoms with Crippen molar-refractivity contribution < 1.29 is 14.7 Å². The van der Waals surface area contributed by atoms with E-state index in [1.165, 1.54) is 0 Å². The molecule has 1 amide bonds. The van der Waals surface area contributed by atoms with Gasteiger partial charge in [0.05, 0.1) is 11.1 Å². The summed E-state index contributed by atoms with van der Waals surface area (Å²) < 4.78 is 1.77. The number of carbonyl (C=O) groups excluding carboxylic acids is 1. The van der Waals surface area contributed by atoms with E-state index in [1.54, 1.807) is 18.5 Å². The zero-order chi connectivity index (χ0) is 16.2. The topological polar surface area (TPSA) is 84.2 Å². The lowest BCUT2D eigenvalue weighted by Gasteiger charge is -2.25. The van der Waals surface area contributed by atoms with Gasteiger partial charge in [-0.05, 0) is 26.7 Å². The highest BCUT2D eigenvalue weighted by Crippen LogP contribution is 2.30. The molecule has 21 heavy (non-hydrogen) atoms. The highest BCUT2D eigenvalue weighted by Gasteiger charge is 2.37. The number of nitrogens with one attached hydrogen (secondary N) is 1. The van der Waals surface area contributed by atoms with E-state index in [0.717, 1.165) is 17.0 Å². The Labute approximate surface area is 125 Å². The van der Waals surface area contributed by atoms with Gasteiger partial charge in [0, 0.05) is 31.3 Å². The van der Waals surface area contributed by atoms with Gasteiger partial charge in [0.1, 0.15) is 0 Å². The van der Waals surface area contributed by atoms with Crippen LogP contribution in [-0.4, -0.2) is 26.8 Å². The van der Waals surface area contributed by atoms with Crippen molar-refractivity contribution in [2.75, 3.05) is 0 Å². The fourth-order valence-corrected chi connectivity index (χ4v) is 2.51. The molecule has 2 N–H and O–H groups in total. The lowest BCUT2D eigenvalue weighted by molar-refractivity contribution is -0.152. The zero-order valence-electron chi connectivity index (χ0n) is 13.5. The number of aryl methyl sites for hydroxylation is 2. The molecular weight excluding hydrogens is 270 g/mol. The largest absolute Gasteiger partial charge is 0.481 e. The second kappa shape index (κ2) is 6.74. The quantitative estimate of drug-likeness (QED) is 0.805. The Kier molecular flexibility index (Phi) is 5.52. The predicted octanol–water partition coefficient (Wildman–Crippen LogP) is 1.93. The average Bonchev–Trinajstić information content (AvgIpc) is 2.67.